The van der Waals surface area contributed by atoms with E-state index in [4.69, 9.17) is 0 Å². The molecule has 0 aromatic carbocycles. The van der Waals surface area contributed by atoms with Crippen LogP contribution < -0.4 is 5.32 Å². The molecule has 0 unspecified atom stereocenters. The Morgan fingerprint density at radius 1 is 1.71 bits per heavy atom. The summed E-state index contributed by atoms with van der Waals surface area (Å²) in [4.78, 5) is 10.2. The lowest BCUT2D eigenvalue weighted by atomic mass is 10.4. The summed E-state index contributed by atoms with van der Waals surface area (Å²) in [5, 5.41) is 17.6. The first-order chi connectivity index (χ1) is 6.56. The van der Waals surface area contributed by atoms with E-state index in [1.807, 2.05) is 20.8 Å². The smallest absolute Gasteiger partial charge is 0.330 e. The van der Waals surface area contributed by atoms with Crippen LogP contribution >= 0.6 is 0 Å². The van der Waals surface area contributed by atoms with Crippen LogP contribution in [0.2, 0.25) is 0 Å². The van der Waals surface area contributed by atoms with E-state index in [1.165, 1.54) is 6.20 Å². The zero-order valence-electron chi connectivity index (χ0n) is 8.52. The third-order valence-corrected chi connectivity index (χ3v) is 1.78. The number of nitro groups is 1. The monoisotopic (exact) mass is 198 g/mol. The standard InChI is InChI=1S/C8H14N4O2/c1-4-9-8-7(12(13)14)5-11(10-8)6(2)3/h5-6H,4H2,1-3H3,(H,9,10). The number of nitrogens with zero attached hydrogens (tertiary/aromatic N) is 3. The molecule has 0 saturated heterocycles. The molecule has 14 heavy (non-hydrogen) atoms. The fourth-order valence-electron chi connectivity index (χ4n) is 1.07. The first kappa shape index (κ1) is 10.5. The molecule has 0 aliphatic carbocycles. The highest BCUT2D eigenvalue weighted by Gasteiger charge is 2.19. The van der Waals surface area contributed by atoms with Crippen LogP contribution in [0.25, 0.3) is 0 Å². The largest absolute Gasteiger partial charge is 0.363 e. The van der Waals surface area contributed by atoms with Crippen LogP contribution in [0.15, 0.2) is 6.20 Å². The van der Waals surface area contributed by atoms with Gasteiger partial charge in [-0.3, -0.25) is 14.8 Å². The van der Waals surface area contributed by atoms with Gasteiger partial charge in [-0.05, 0) is 20.8 Å². The number of aromatic nitrogens is 2. The second-order valence-corrected chi connectivity index (χ2v) is 3.22. The van der Waals surface area contributed by atoms with Gasteiger partial charge >= 0.3 is 5.69 Å². The Labute approximate surface area is 82.1 Å². The number of rotatable bonds is 4. The van der Waals surface area contributed by atoms with Gasteiger partial charge in [0.2, 0.25) is 5.82 Å². The molecule has 1 heterocycles. The maximum atomic E-state index is 10.6. The third-order valence-electron chi connectivity index (χ3n) is 1.78. The summed E-state index contributed by atoms with van der Waals surface area (Å²) in [7, 11) is 0. The highest BCUT2D eigenvalue weighted by Crippen LogP contribution is 2.23. The fraction of sp³-hybridized carbons (Fsp3) is 0.625. The lowest BCUT2D eigenvalue weighted by Gasteiger charge is -2.02. The minimum Gasteiger partial charge on any atom is -0.363 e. The van der Waals surface area contributed by atoms with Gasteiger partial charge in [-0.1, -0.05) is 0 Å². The van der Waals surface area contributed by atoms with E-state index in [-0.39, 0.29) is 11.7 Å². The maximum Gasteiger partial charge on any atom is 0.330 e. The van der Waals surface area contributed by atoms with Crippen LogP contribution in [0, 0.1) is 10.1 Å². The van der Waals surface area contributed by atoms with Gasteiger partial charge in [0.05, 0.1) is 4.92 Å². The molecule has 6 nitrogen and oxygen atoms in total. The van der Waals surface area contributed by atoms with E-state index in [9.17, 15) is 10.1 Å². The Bertz CT molecular complexity index is 332. The van der Waals surface area contributed by atoms with Crippen LogP contribution in [0.5, 0.6) is 0 Å². The zero-order chi connectivity index (χ0) is 10.7. The second kappa shape index (κ2) is 4.08. The van der Waals surface area contributed by atoms with Crippen molar-refractivity contribution in [2.24, 2.45) is 0 Å². The Kier molecular flexibility index (Phi) is 3.06. The predicted molar refractivity (Wildman–Crippen MR) is 53.4 cm³/mol. The number of nitrogens with one attached hydrogen (secondary N) is 1. The Hall–Kier alpha value is -1.59. The van der Waals surface area contributed by atoms with Gasteiger partial charge in [-0.2, -0.15) is 0 Å². The summed E-state index contributed by atoms with van der Waals surface area (Å²) < 4.78 is 1.58. The summed E-state index contributed by atoms with van der Waals surface area (Å²) in [6, 6.07) is 0.126. The van der Waals surface area contributed by atoms with Gasteiger partial charge in [0.15, 0.2) is 0 Å². The SMILES string of the molecule is CCNc1nn(C(C)C)cc1[N+](=O)[O-]. The molecule has 0 radical (unpaired) electrons. The molecule has 0 saturated carbocycles. The van der Waals surface area contributed by atoms with Crippen molar-refractivity contribution in [2.75, 3.05) is 11.9 Å². The lowest BCUT2D eigenvalue weighted by Crippen LogP contribution is -2.03. The van der Waals surface area contributed by atoms with Gasteiger partial charge in [-0.15, -0.1) is 5.10 Å². The van der Waals surface area contributed by atoms with Crippen LogP contribution in [-0.4, -0.2) is 21.2 Å². The van der Waals surface area contributed by atoms with Crippen LogP contribution in [0.4, 0.5) is 11.5 Å². The van der Waals surface area contributed by atoms with E-state index in [2.05, 4.69) is 10.4 Å². The molecule has 0 bridgehead atoms. The fourth-order valence-corrected chi connectivity index (χ4v) is 1.07. The van der Waals surface area contributed by atoms with Gasteiger partial charge < -0.3 is 5.32 Å². The van der Waals surface area contributed by atoms with Crippen molar-refractivity contribution in [1.82, 2.24) is 9.78 Å². The predicted octanol–water partition coefficient (Wildman–Crippen LogP) is 1.80. The first-order valence-electron chi connectivity index (χ1n) is 4.53. The molecule has 1 rings (SSSR count). The van der Waals surface area contributed by atoms with Crippen LogP contribution in [0.3, 0.4) is 0 Å². The normalized spacial score (nSPS) is 10.6. The van der Waals surface area contributed by atoms with Crippen molar-refractivity contribution in [2.45, 2.75) is 26.8 Å². The minimum atomic E-state index is -0.427. The minimum absolute atomic E-state index is 0.0283. The summed E-state index contributed by atoms with van der Waals surface area (Å²) in [6.45, 7) is 6.34. The Morgan fingerprint density at radius 2 is 2.36 bits per heavy atom. The quantitative estimate of drug-likeness (QED) is 0.591. The molecule has 0 fully saturated rings. The van der Waals surface area contributed by atoms with Crippen molar-refractivity contribution in [3.05, 3.63) is 16.3 Å². The van der Waals surface area contributed by atoms with Gasteiger partial charge in [0, 0.05) is 12.6 Å². The Balaban J connectivity index is 3.05. The van der Waals surface area contributed by atoms with Crippen molar-refractivity contribution in [1.29, 1.82) is 0 Å². The van der Waals surface area contributed by atoms with Crippen molar-refractivity contribution < 1.29 is 4.92 Å². The molecule has 0 amide bonds. The first-order valence-corrected chi connectivity index (χ1v) is 4.53. The number of anilines is 1. The average molecular weight is 198 g/mol. The molecule has 0 atom stereocenters. The molecule has 1 N–H and O–H groups in total. The van der Waals surface area contributed by atoms with Gasteiger partial charge in [-0.25, -0.2) is 0 Å². The van der Waals surface area contributed by atoms with Crippen molar-refractivity contribution in [3.8, 4) is 0 Å². The molecule has 6 heteroatoms. The highest BCUT2D eigenvalue weighted by atomic mass is 16.6. The van der Waals surface area contributed by atoms with E-state index >= 15 is 0 Å². The van der Waals surface area contributed by atoms with E-state index in [1.54, 1.807) is 4.68 Å². The van der Waals surface area contributed by atoms with Crippen molar-refractivity contribution in [3.63, 3.8) is 0 Å². The van der Waals surface area contributed by atoms with E-state index < -0.39 is 4.92 Å². The number of hydrogen-bond donors (Lipinski definition) is 1. The molecular weight excluding hydrogens is 184 g/mol. The lowest BCUT2D eigenvalue weighted by molar-refractivity contribution is -0.384. The topological polar surface area (TPSA) is 73.0 Å². The molecule has 78 valence electrons. The summed E-state index contributed by atoms with van der Waals surface area (Å²) in [5.74, 6) is 0.339. The molecule has 1 aromatic heterocycles. The molecular formula is C8H14N4O2. The second-order valence-electron chi connectivity index (χ2n) is 3.22. The summed E-state index contributed by atoms with van der Waals surface area (Å²) in [5.41, 5.74) is 0.0283. The van der Waals surface area contributed by atoms with Crippen LogP contribution in [0.1, 0.15) is 26.8 Å². The number of hydrogen-bond acceptors (Lipinski definition) is 4. The van der Waals surface area contributed by atoms with Gasteiger partial charge in [0.1, 0.15) is 6.20 Å². The maximum absolute atomic E-state index is 10.6. The van der Waals surface area contributed by atoms with E-state index in [0.29, 0.717) is 12.4 Å². The summed E-state index contributed by atoms with van der Waals surface area (Å²) >= 11 is 0. The average Bonchev–Trinajstić information content (AvgIpc) is 2.49. The third kappa shape index (κ3) is 2.01. The van der Waals surface area contributed by atoms with Crippen LogP contribution in [-0.2, 0) is 0 Å². The van der Waals surface area contributed by atoms with E-state index in [0.717, 1.165) is 0 Å². The zero-order valence-corrected chi connectivity index (χ0v) is 8.52. The molecule has 1 aromatic rings. The van der Waals surface area contributed by atoms with Crippen molar-refractivity contribution >= 4 is 11.5 Å². The molecule has 0 aliphatic heterocycles. The highest BCUT2D eigenvalue weighted by molar-refractivity contribution is 5.54. The van der Waals surface area contributed by atoms with Gasteiger partial charge in [0.25, 0.3) is 0 Å². The molecule has 0 aliphatic rings. The summed E-state index contributed by atoms with van der Waals surface area (Å²) in [6.07, 6.45) is 1.45. The molecule has 0 spiro atoms. The Morgan fingerprint density at radius 3 is 2.79 bits per heavy atom.